The zero-order valence-corrected chi connectivity index (χ0v) is 13.0. The summed E-state index contributed by atoms with van der Waals surface area (Å²) in [7, 11) is 3.15. The van der Waals surface area contributed by atoms with Gasteiger partial charge in [-0.25, -0.2) is 0 Å². The second-order valence-corrected chi connectivity index (χ2v) is 5.49. The molecule has 1 heterocycles. The molecule has 21 heavy (non-hydrogen) atoms. The van der Waals surface area contributed by atoms with Gasteiger partial charge in [0.25, 0.3) is 5.91 Å². The molecule has 2 N–H and O–H groups in total. The minimum Gasteiger partial charge on any atom is -0.497 e. The largest absolute Gasteiger partial charge is 0.497 e. The Morgan fingerprint density at radius 2 is 2.14 bits per heavy atom. The van der Waals surface area contributed by atoms with E-state index in [0.29, 0.717) is 29.5 Å². The van der Waals surface area contributed by atoms with Crippen molar-refractivity contribution in [1.29, 1.82) is 0 Å². The van der Waals surface area contributed by atoms with Crippen LogP contribution >= 0.6 is 0 Å². The molecule has 0 bridgehead atoms. The second-order valence-electron chi connectivity index (χ2n) is 5.49. The highest BCUT2D eigenvalue weighted by Gasteiger charge is 2.32. The molecule has 0 radical (unpaired) electrons. The highest BCUT2D eigenvalue weighted by molar-refractivity contribution is 5.97. The van der Waals surface area contributed by atoms with Crippen molar-refractivity contribution in [2.75, 3.05) is 27.3 Å². The molecule has 0 spiro atoms. The lowest BCUT2D eigenvalue weighted by Crippen LogP contribution is -2.51. The minimum absolute atomic E-state index is 0.0171. The van der Waals surface area contributed by atoms with E-state index in [1.54, 1.807) is 32.4 Å². The van der Waals surface area contributed by atoms with Gasteiger partial charge in [-0.1, -0.05) is 6.92 Å². The number of carbonyl (C=O) groups is 1. The van der Waals surface area contributed by atoms with E-state index < -0.39 is 0 Å². The number of nitrogens with zero attached hydrogens (tertiary/aromatic N) is 1. The molecule has 5 heteroatoms. The smallest absolute Gasteiger partial charge is 0.257 e. The topological polar surface area (TPSA) is 64.8 Å². The first-order chi connectivity index (χ1) is 10.1. The molecule has 1 aliphatic rings. The van der Waals surface area contributed by atoms with Gasteiger partial charge in [0.2, 0.25) is 0 Å². The molecule has 1 saturated heterocycles. The number of likely N-dealkylation sites (tertiary alicyclic amines) is 1. The molecule has 1 aliphatic heterocycles. The summed E-state index contributed by atoms with van der Waals surface area (Å²) in [4.78, 5) is 14.7. The van der Waals surface area contributed by atoms with Crippen molar-refractivity contribution in [3.63, 3.8) is 0 Å². The van der Waals surface area contributed by atoms with Crippen LogP contribution in [0.5, 0.6) is 11.5 Å². The Balaban J connectivity index is 2.30. The summed E-state index contributed by atoms with van der Waals surface area (Å²) in [6.45, 7) is 3.40. The summed E-state index contributed by atoms with van der Waals surface area (Å²) in [5, 5.41) is 0. The van der Waals surface area contributed by atoms with Crippen LogP contribution in [0.1, 0.15) is 30.1 Å². The number of methoxy groups -OCH3 is 2. The van der Waals surface area contributed by atoms with Gasteiger partial charge in [0.05, 0.1) is 19.8 Å². The van der Waals surface area contributed by atoms with Crippen LogP contribution < -0.4 is 15.2 Å². The van der Waals surface area contributed by atoms with Crippen LogP contribution in [0.25, 0.3) is 0 Å². The van der Waals surface area contributed by atoms with Gasteiger partial charge in [-0.3, -0.25) is 4.79 Å². The molecule has 1 fully saturated rings. The van der Waals surface area contributed by atoms with Crippen LogP contribution in [0.2, 0.25) is 0 Å². The van der Waals surface area contributed by atoms with E-state index in [2.05, 4.69) is 6.92 Å². The third kappa shape index (κ3) is 3.13. The Labute approximate surface area is 126 Å². The van der Waals surface area contributed by atoms with Crippen molar-refractivity contribution in [3.05, 3.63) is 23.8 Å². The molecule has 2 atom stereocenters. The van der Waals surface area contributed by atoms with Gasteiger partial charge in [-0.15, -0.1) is 0 Å². The van der Waals surface area contributed by atoms with E-state index >= 15 is 0 Å². The number of hydrogen-bond acceptors (Lipinski definition) is 4. The van der Waals surface area contributed by atoms with Crippen molar-refractivity contribution in [3.8, 4) is 11.5 Å². The maximum atomic E-state index is 12.8. The lowest BCUT2D eigenvalue weighted by Gasteiger charge is -2.39. The molecule has 0 aliphatic carbocycles. The third-order valence-corrected chi connectivity index (χ3v) is 4.26. The molecule has 5 nitrogen and oxygen atoms in total. The van der Waals surface area contributed by atoms with Gasteiger partial charge < -0.3 is 20.1 Å². The summed E-state index contributed by atoms with van der Waals surface area (Å²) in [6.07, 6.45) is 2.13. The Bertz CT molecular complexity index is 504. The van der Waals surface area contributed by atoms with Gasteiger partial charge in [-0.2, -0.15) is 0 Å². The number of rotatable bonds is 4. The minimum atomic E-state index is -0.0171. The first-order valence-electron chi connectivity index (χ1n) is 7.35. The molecule has 116 valence electrons. The van der Waals surface area contributed by atoms with E-state index in [1.807, 2.05) is 4.90 Å². The number of hydrogen-bond donors (Lipinski definition) is 1. The maximum absolute atomic E-state index is 12.8. The fraction of sp³-hybridized carbons (Fsp3) is 0.562. The van der Waals surface area contributed by atoms with Crippen molar-refractivity contribution in [1.82, 2.24) is 4.90 Å². The van der Waals surface area contributed by atoms with Crippen molar-refractivity contribution >= 4 is 5.91 Å². The highest BCUT2D eigenvalue weighted by Crippen LogP contribution is 2.29. The fourth-order valence-electron chi connectivity index (χ4n) is 2.99. The number of nitrogens with two attached hydrogens (primary N) is 1. The average Bonchev–Trinajstić information content (AvgIpc) is 2.53. The Morgan fingerprint density at radius 1 is 1.38 bits per heavy atom. The predicted molar refractivity (Wildman–Crippen MR) is 81.8 cm³/mol. The van der Waals surface area contributed by atoms with E-state index in [0.717, 1.165) is 19.4 Å². The number of benzene rings is 1. The predicted octanol–water partition coefficient (Wildman–Crippen LogP) is 1.90. The third-order valence-electron chi connectivity index (χ3n) is 4.26. The zero-order valence-electron chi connectivity index (χ0n) is 13.0. The lowest BCUT2D eigenvalue weighted by atomic mass is 9.90. The van der Waals surface area contributed by atoms with Crippen LogP contribution in [0.15, 0.2) is 18.2 Å². The van der Waals surface area contributed by atoms with Gasteiger partial charge in [-0.05, 0) is 30.9 Å². The maximum Gasteiger partial charge on any atom is 0.257 e. The fourth-order valence-corrected chi connectivity index (χ4v) is 2.99. The van der Waals surface area contributed by atoms with Gasteiger partial charge in [0.1, 0.15) is 11.5 Å². The monoisotopic (exact) mass is 292 g/mol. The van der Waals surface area contributed by atoms with E-state index in [9.17, 15) is 4.79 Å². The molecular weight excluding hydrogens is 268 g/mol. The first-order valence-corrected chi connectivity index (χ1v) is 7.35. The summed E-state index contributed by atoms with van der Waals surface area (Å²) < 4.78 is 10.5. The van der Waals surface area contributed by atoms with E-state index in [4.69, 9.17) is 15.2 Å². The number of piperidine rings is 1. The summed E-state index contributed by atoms with van der Waals surface area (Å²) in [5.74, 6) is 1.62. The molecule has 0 saturated carbocycles. The average molecular weight is 292 g/mol. The van der Waals surface area contributed by atoms with E-state index in [1.165, 1.54) is 0 Å². The zero-order chi connectivity index (χ0) is 15.4. The standard InChI is InChI=1S/C16H24N2O3/c1-11-5-4-8-18(14(11)10-17)16(19)13-7-6-12(20-2)9-15(13)21-3/h6-7,9,11,14H,4-5,8,10,17H2,1-3H3/t11-,14-/m0/s1. The van der Waals surface area contributed by atoms with Crippen LogP contribution in [0, 0.1) is 5.92 Å². The highest BCUT2D eigenvalue weighted by atomic mass is 16.5. The molecule has 0 unspecified atom stereocenters. The molecular formula is C16H24N2O3. The molecule has 1 aromatic rings. The van der Waals surface area contributed by atoms with Crippen molar-refractivity contribution < 1.29 is 14.3 Å². The lowest BCUT2D eigenvalue weighted by molar-refractivity contribution is 0.0529. The second kappa shape index (κ2) is 6.80. The number of carbonyl (C=O) groups excluding carboxylic acids is 1. The SMILES string of the molecule is COc1ccc(C(=O)N2CCC[C@H](C)[C@@H]2CN)c(OC)c1. The molecule has 1 amide bonds. The first kappa shape index (κ1) is 15.6. The van der Waals surface area contributed by atoms with E-state index in [-0.39, 0.29) is 11.9 Å². The Kier molecular flexibility index (Phi) is 5.07. The number of ether oxygens (including phenoxy) is 2. The Hall–Kier alpha value is -1.75. The quantitative estimate of drug-likeness (QED) is 0.920. The van der Waals surface area contributed by atoms with Crippen LogP contribution in [-0.4, -0.2) is 44.2 Å². The molecule has 1 aromatic carbocycles. The van der Waals surface area contributed by atoms with Crippen LogP contribution in [0.3, 0.4) is 0 Å². The van der Waals surface area contributed by atoms with Gasteiger partial charge in [0.15, 0.2) is 0 Å². The summed E-state index contributed by atoms with van der Waals surface area (Å²) >= 11 is 0. The Morgan fingerprint density at radius 3 is 2.76 bits per heavy atom. The summed E-state index contributed by atoms with van der Waals surface area (Å²) in [5.41, 5.74) is 6.43. The van der Waals surface area contributed by atoms with Crippen LogP contribution in [-0.2, 0) is 0 Å². The van der Waals surface area contributed by atoms with Crippen molar-refractivity contribution in [2.24, 2.45) is 11.7 Å². The normalized spacial score (nSPS) is 22.0. The summed E-state index contributed by atoms with van der Waals surface area (Å²) in [6, 6.07) is 5.36. The number of amides is 1. The van der Waals surface area contributed by atoms with Crippen molar-refractivity contribution in [2.45, 2.75) is 25.8 Å². The van der Waals surface area contributed by atoms with Gasteiger partial charge in [0, 0.05) is 25.2 Å². The molecule has 2 rings (SSSR count). The van der Waals surface area contributed by atoms with Gasteiger partial charge >= 0.3 is 0 Å². The van der Waals surface area contributed by atoms with Crippen LogP contribution in [0.4, 0.5) is 0 Å². The molecule has 0 aromatic heterocycles.